The van der Waals surface area contributed by atoms with Crippen LogP contribution in [0, 0.1) is 5.92 Å². The number of Topliss-reactive ketones (excluding diaryl/α,β-unsaturated/α-hetero) is 1. The van der Waals surface area contributed by atoms with E-state index in [1.54, 1.807) is 5.54 Å². The second kappa shape index (κ2) is 6.72. The van der Waals surface area contributed by atoms with Crippen LogP contribution in [0.25, 0.3) is 0 Å². The maximum atomic E-state index is 12.1. The van der Waals surface area contributed by atoms with Gasteiger partial charge in [-0.05, 0) is 44.7 Å². The van der Waals surface area contributed by atoms with Gasteiger partial charge in [-0.15, -0.1) is 0 Å². The molecule has 3 heteroatoms. The van der Waals surface area contributed by atoms with Crippen molar-refractivity contribution in [2.75, 3.05) is 13.1 Å². The Kier molecular flexibility index (Phi) is 5.25. The van der Waals surface area contributed by atoms with Crippen LogP contribution >= 0.6 is 11.6 Å². The highest BCUT2D eigenvalue weighted by molar-refractivity contribution is 6.25. The molecule has 2 fully saturated rings. The van der Waals surface area contributed by atoms with Gasteiger partial charge in [0, 0.05) is 30.5 Å². The molecule has 0 bridgehead atoms. The van der Waals surface area contributed by atoms with Crippen molar-refractivity contribution in [3.8, 4) is 0 Å². The minimum Gasteiger partial charge on any atom is -0.299 e. The average molecular weight is 270 g/mol. The Bertz CT molecular complexity index is 326. The molecule has 1 saturated heterocycles. The van der Waals surface area contributed by atoms with Crippen LogP contribution in [0.2, 0.25) is 0 Å². The van der Waals surface area contributed by atoms with E-state index >= 15 is 0 Å². The van der Waals surface area contributed by atoms with Crippen LogP contribution in [0.1, 0.15) is 51.9 Å². The Balaban J connectivity index is 2.04. The first-order valence-electron chi connectivity index (χ1n) is 7.25. The maximum Gasteiger partial charge on any atom is 0.137 e. The maximum absolute atomic E-state index is 12.1. The van der Waals surface area contributed by atoms with Gasteiger partial charge >= 0.3 is 0 Å². The zero-order chi connectivity index (χ0) is 13.0. The van der Waals surface area contributed by atoms with Crippen molar-refractivity contribution < 1.29 is 4.79 Å². The summed E-state index contributed by atoms with van der Waals surface area (Å²) in [5.74, 6) is 0.799. The van der Waals surface area contributed by atoms with E-state index in [1.165, 1.54) is 31.3 Å². The Morgan fingerprint density at radius 3 is 2.83 bits per heavy atom. The molecule has 1 aliphatic heterocycles. The molecule has 2 aliphatic rings. The molecular weight excluding hydrogens is 246 g/mol. The fourth-order valence-electron chi connectivity index (χ4n) is 3.44. The number of nitrogens with zero attached hydrogens (tertiary/aromatic N) is 1. The van der Waals surface area contributed by atoms with Crippen molar-refractivity contribution in [1.82, 2.24) is 4.90 Å². The first-order chi connectivity index (χ1) is 8.72. The first kappa shape index (κ1) is 14.1. The lowest BCUT2D eigenvalue weighted by atomic mass is 9.79. The normalized spacial score (nSPS) is 31.7. The lowest BCUT2D eigenvalue weighted by Gasteiger charge is -2.41. The summed E-state index contributed by atoms with van der Waals surface area (Å²) in [6.45, 7) is 4.12. The van der Waals surface area contributed by atoms with E-state index in [2.05, 4.69) is 11.8 Å². The molecule has 0 amide bonds. The van der Waals surface area contributed by atoms with E-state index in [9.17, 15) is 4.79 Å². The summed E-state index contributed by atoms with van der Waals surface area (Å²) in [7, 11) is 0. The summed E-state index contributed by atoms with van der Waals surface area (Å²) in [5.41, 5.74) is 2.88. The molecule has 0 N–H and O–H groups in total. The quantitative estimate of drug-likeness (QED) is 0.778. The molecule has 0 spiro atoms. The summed E-state index contributed by atoms with van der Waals surface area (Å²) < 4.78 is 0. The SMILES string of the molecule is CC(=CCl)CN1CCCCC1C1CCCCC1=O. The highest BCUT2D eigenvalue weighted by Crippen LogP contribution is 2.32. The Hall–Kier alpha value is -0.340. The Morgan fingerprint density at radius 2 is 2.11 bits per heavy atom. The van der Waals surface area contributed by atoms with Crippen molar-refractivity contribution in [1.29, 1.82) is 0 Å². The fraction of sp³-hybridized carbons (Fsp3) is 0.800. The van der Waals surface area contributed by atoms with Gasteiger partial charge in [0.1, 0.15) is 5.78 Å². The minimum absolute atomic E-state index is 0.294. The molecule has 1 heterocycles. The van der Waals surface area contributed by atoms with E-state index in [4.69, 9.17) is 11.6 Å². The number of ketones is 1. The van der Waals surface area contributed by atoms with Gasteiger partial charge in [-0.1, -0.05) is 24.4 Å². The molecule has 0 radical (unpaired) electrons. The van der Waals surface area contributed by atoms with Gasteiger partial charge in [0.25, 0.3) is 0 Å². The summed E-state index contributed by atoms with van der Waals surface area (Å²) >= 11 is 5.78. The molecule has 102 valence electrons. The largest absolute Gasteiger partial charge is 0.299 e. The molecule has 0 aromatic rings. The zero-order valence-electron chi connectivity index (χ0n) is 11.3. The molecule has 0 aromatic carbocycles. The molecule has 1 aliphatic carbocycles. The number of carbonyl (C=O) groups is 1. The first-order valence-corrected chi connectivity index (χ1v) is 7.68. The fourth-order valence-corrected chi connectivity index (χ4v) is 3.51. The number of halogens is 1. The van der Waals surface area contributed by atoms with E-state index in [0.29, 0.717) is 17.7 Å². The highest BCUT2D eigenvalue weighted by atomic mass is 35.5. The smallest absolute Gasteiger partial charge is 0.137 e. The standard InChI is InChI=1S/C15H24ClNO/c1-12(10-16)11-17-9-5-4-7-14(17)13-6-2-3-8-15(13)18/h10,13-14H,2-9,11H2,1H3. The molecule has 2 rings (SSSR count). The summed E-state index contributed by atoms with van der Waals surface area (Å²) in [4.78, 5) is 14.6. The van der Waals surface area contributed by atoms with E-state index in [1.807, 2.05) is 0 Å². The van der Waals surface area contributed by atoms with Crippen molar-refractivity contribution in [3.63, 3.8) is 0 Å². The van der Waals surface area contributed by atoms with Gasteiger partial charge in [0.2, 0.25) is 0 Å². The van der Waals surface area contributed by atoms with Gasteiger partial charge in [0.15, 0.2) is 0 Å². The zero-order valence-corrected chi connectivity index (χ0v) is 12.1. The van der Waals surface area contributed by atoms with Crippen molar-refractivity contribution in [3.05, 3.63) is 11.1 Å². The van der Waals surface area contributed by atoms with Crippen LogP contribution in [0.4, 0.5) is 0 Å². The van der Waals surface area contributed by atoms with Crippen molar-refractivity contribution in [2.24, 2.45) is 5.92 Å². The Labute approximate surface area is 115 Å². The lowest BCUT2D eigenvalue weighted by molar-refractivity contribution is -0.127. The van der Waals surface area contributed by atoms with Crippen LogP contribution in [-0.4, -0.2) is 29.8 Å². The average Bonchev–Trinajstić information content (AvgIpc) is 2.40. The van der Waals surface area contributed by atoms with Crippen LogP contribution in [0.15, 0.2) is 11.1 Å². The predicted molar refractivity (Wildman–Crippen MR) is 75.8 cm³/mol. The number of rotatable bonds is 3. The van der Waals surface area contributed by atoms with Crippen LogP contribution in [0.3, 0.4) is 0 Å². The van der Waals surface area contributed by atoms with Crippen LogP contribution in [-0.2, 0) is 4.79 Å². The summed E-state index contributed by atoms with van der Waals surface area (Å²) in [6, 6.07) is 0.470. The van der Waals surface area contributed by atoms with E-state index < -0.39 is 0 Å². The van der Waals surface area contributed by atoms with Crippen LogP contribution in [0.5, 0.6) is 0 Å². The predicted octanol–water partition coefficient (Wildman–Crippen LogP) is 3.74. The number of carbonyl (C=O) groups excluding carboxylic acids is 1. The van der Waals surface area contributed by atoms with Crippen molar-refractivity contribution in [2.45, 2.75) is 57.9 Å². The van der Waals surface area contributed by atoms with Gasteiger partial charge in [0.05, 0.1) is 0 Å². The van der Waals surface area contributed by atoms with Gasteiger partial charge < -0.3 is 0 Å². The second-order valence-electron chi connectivity index (χ2n) is 5.81. The molecule has 18 heavy (non-hydrogen) atoms. The number of likely N-dealkylation sites (tertiary alicyclic amines) is 1. The van der Waals surface area contributed by atoms with Crippen LogP contribution < -0.4 is 0 Å². The molecular formula is C15H24ClNO. The van der Waals surface area contributed by atoms with E-state index in [0.717, 1.165) is 32.4 Å². The monoisotopic (exact) mass is 269 g/mol. The lowest BCUT2D eigenvalue weighted by Crippen LogP contribution is -2.47. The third-order valence-electron chi connectivity index (χ3n) is 4.37. The summed E-state index contributed by atoms with van der Waals surface area (Å²) in [6.07, 6.45) is 7.95. The molecule has 1 saturated carbocycles. The van der Waals surface area contributed by atoms with Gasteiger partial charge in [-0.3, -0.25) is 9.69 Å². The Morgan fingerprint density at radius 1 is 1.33 bits per heavy atom. The molecule has 2 atom stereocenters. The number of piperidine rings is 1. The molecule has 0 aromatic heterocycles. The molecule has 2 nitrogen and oxygen atoms in total. The van der Waals surface area contributed by atoms with Gasteiger partial charge in [-0.25, -0.2) is 0 Å². The number of hydrogen-bond acceptors (Lipinski definition) is 2. The minimum atomic E-state index is 0.294. The number of hydrogen-bond donors (Lipinski definition) is 0. The van der Waals surface area contributed by atoms with Crippen molar-refractivity contribution >= 4 is 17.4 Å². The topological polar surface area (TPSA) is 20.3 Å². The summed E-state index contributed by atoms with van der Waals surface area (Å²) in [5, 5.41) is 0. The molecule has 2 unspecified atom stereocenters. The second-order valence-corrected chi connectivity index (χ2v) is 6.03. The van der Waals surface area contributed by atoms with Gasteiger partial charge in [-0.2, -0.15) is 0 Å². The third kappa shape index (κ3) is 3.36. The third-order valence-corrected chi connectivity index (χ3v) is 4.74. The van der Waals surface area contributed by atoms with E-state index in [-0.39, 0.29) is 0 Å². The highest BCUT2D eigenvalue weighted by Gasteiger charge is 2.35.